The Labute approximate surface area is 119 Å². The van der Waals surface area contributed by atoms with Gasteiger partial charge in [-0.15, -0.1) is 11.8 Å². The molecule has 19 heavy (non-hydrogen) atoms. The van der Waals surface area contributed by atoms with Gasteiger partial charge in [-0.2, -0.15) is 0 Å². The van der Waals surface area contributed by atoms with Gasteiger partial charge < -0.3 is 4.74 Å². The Bertz CT molecular complexity index is 591. The van der Waals surface area contributed by atoms with E-state index < -0.39 is 0 Å². The van der Waals surface area contributed by atoms with Crippen LogP contribution >= 0.6 is 11.8 Å². The first-order valence-corrected chi connectivity index (χ1v) is 7.33. The van der Waals surface area contributed by atoms with Gasteiger partial charge in [-0.3, -0.25) is 0 Å². The van der Waals surface area contributed by atoms with Crippen LogP contribution < -0.4 is 0 Å². The molecule has 1 aliphatic heterocycles. The number of rotatable bonds is 2. The maximum Gasteiger partial charge on any atom is 0.165 e. The van der Waals surface area contributed by atoms with Crippen LogP contribution in [0.15, 0.2) is 54.6 Å². The first-order valence-electron chi connectivity index (χ1n) is 6.51. The van der Waals surface area contributed by atoms with Crippen molar-refractivity contribution in [2.24, 2.45) is 0 Å². The third-order valence-electron chi connectivity index (χ3n) is 3.77. The Kier molecular flexibility index (Phi) is 2.95. The third kappa shape index (κ3) is 1.82. The molecule has 1 atom stereocenters. The van der Waals surface area contributed by atoms with Gasteiger partial charge in [0.25, 0.3) is 0 Å². The quantitative estimate of drug-likeness (QED) is 0.793. The standard InChI is InChI=1S/C17H18OS/c1-16(2)14-11-7-8-12-15(14)17(18-3,19-16)13-9-5-4-6-10-13/h4-12H,1-3H3. The molecule has 0 aliphatic carbocycles. The van der Waals surface area contributed by atoms with Crippen LogP contribution in [0.5, 0.6) is 0 Å². The Morgan fingerprint density at radius 3 is 2.05 bits per heavy atom. The summed E-state index contributed by atoms with van der Waals surface area (Å²) in [5.41, 5.74) is 3.85. The molecular formula is C17H18OS. The maximum atomic E-state index is 6.01. The van der Waals surface area contributed by atoms with Crippen molar-refractivity contribution >= 4 is 11.8 Å². The van der Waals surface area contributed by atoms with Crippen LogP contribution in [0.25, 0.3) is 0 Å². The highest BCUT2D eigenvalue weighted by molar-refractivity contribution is 8.01. The number of hydrogen-bond donors (Lipinski definition) is 0. The number of thioether (sulfide) groups is 1. The van der Waals surface area contributed by atoms with Crippen LogP contribution in [0, 0.1) is 0 Å². The van der Waals surface area contributed by atoms with Crippen molar-refractivity contribution in [3.05, 3.63) is 71.3 Å². The second kappa shape index (κ2) is 4.39. The van der Waals surface area contributed by atoms with Crippen molar-refractivity contribution in [2.45, 2.75) is 23.5 Å². The molecule has 1 nitrogen and oxygen atoms in total. The summed E-state index contributed by atoms with van der Waals surface area (Å²) in [6.07, 6.45) is 0. The van der Waals surface area contributed by atoms with Crippen molar-refractivity contribution in [3.8, 4) is 0 Å². The van der Waals surface area contributed by atoms with Gasteiger partial charge in [-0.05, 0) is 25.0 Å². The normalized spacial score (nSPS) is 24.2. The fourth-order valence-corrected chi connectivity index (χ4v) is 4.54. The fourth-order valence-electron chi connectivity index (χ4n) is 2.91. The third-order valence-corrected chi connectivity index (χ3v) is 5.41. The predicted molar refractivity (Wildman–Crippen MR) is 81.3 cm³/mol. The number of hydrogen-bond acceptors (Lipinski definition) is 2. The molecule has 3 rings (SSSR count). The summed E-state index contributed by atoms with van der Waals surface area (Å²) in [5, 5.41) is 0. The summed E-state index contributed by atoms with van der Waals surface area (Å²) in [6, 6.07) is 19.1. The molecule has 0 saturated carbocycles. The minimum absolute atomic E-state index is 0.0580. The molecule has 0 fully saturated rings. The van der Waals surface area contributed by atoms with Crippen molar-refractivity contribution in [1.29, 1.82) is 0 Å². The second-order valence-corrected chi connectivity index (χ2v) is 7.14. The van der Waals surface area contributed by atoms with Crippen LogP contribution in [-0.4, -0.2) is 7.11 Å². The molecule has 0 amide bonds. The van der Waals surface area contributed by atoms with Crippen LogP contribution in [0.2, 0.25) is 0 Å². The summed E-state index contributed by atoms with van der Waals surface area (Å²) in [4.78, 5) is -0.388. The second-order valence-electron chi connectivity index (χ2n) is 5.34. The molecule has 1 unspecified atom stereocenters. The molecular weight excluding hydrogens is 252 g/mol. The molecule has 2 heteroatoms. The van der Waals surface area contributed by atoms with Crippen molar-refractivity contribution in [3.63, 3.8) is 0 Å². The zero-order valence-electron chi connectivity index (χ0n) is 11.5. The van der Waals surface area contributed by atoms with E-state index in [9.17, 15) is 0 Å². The molecule has 2 aromatic rings. The number of benzene rings is 2. The van der Waals surface area contributed by atoms with Crippen LogP contribution in [0.4, 0.5) is 0 Å². The summed E-state index contributed by atoms with van der Waals surface area (Å²) < 4.78 is 6.07. The van der Waals surface area contributed by atoms with Gasteiger partial charge in [0, 0.05) is 17.4 Å². The van der Waals surface area contributed by atoms with E-state index in [4.69, 9.17) is 4.74 Å². The van der Waals surface area contributed by atoms with Gasteiger partial charge in [0.2, 0.25) is 0 Å². The van der Waals surface area contributed by atoms with Gasteiger partial charge in [0.05, 0.1) is 0 Å². The lowest BCUT2D eigenvalue weighted by atomic mass is 9.91. The lowest BCUT2D eigenvalue weighted by molar-refractivity contribution is 0.106. The van der Waals surface area contributed by atoms with E-state index in [0.29, 0.717) is 0 Å². The molecule has 0 bridgehead atoms. The Hall–Kier alpha value is -1.25. The van der Waals surface area contributed by atoms with Gasteiger partial charge in [-0.25, -0.2) is 0 Å². The van der Waals surface area contributed by atoms with Gasteiger partial charge in [0.15, 0.2) is 4.93 Å². The first kappa shape index (κ1) is 12.8. The van der Waals surface area contributed by atoms with Crippen molar-refractivity contribution < 1.29 is 4.74 Å². The van der Waals surface area contributed by atoms with E-state index in [1.165, 1.54) is 16.7 Å². The van der Waals surface area contributed by atoms with E-state index >= 15 is 0 Å². The Morgan fingerprint density at radius 2 is 1.42 bits per heavy atom. The zero-order valence-corrected chi connectivity index (χ0v) is 12.3. The molecule has 1 heterocycles. The maximum absolute atomic E-state index is 6.01. The highest BCUT2D eigenvalue weighted by Gasteiger charge is 2.49. The van der Waals surface area contributed by atoms with E-state index in [2.05, 4.69) is 62.4 Å². The Morgan fingerprint density at radius 1 is 0.842 bits per heavy atom. The molecule has 0 radical (unpaired) electrons. The monoisotopic (exact) mass is 270 g/mol. The van der Waals surface area contributed by atoms with Gasteiger partial charge in [0.1, 0.15) is 0 Å². The topological polar surface area (TPSA) is 9.23 Å². The smallest absolute Gasteiger partial charge is 0.165 e. The summed E-state index contributed by atoms with van der Waals surface area (Å²) >= 11 is 1.87. The van der Waals surface area contributed by atoms with Gasteiger partial charge in [-0.1, -0.05) is 54.6 Å². The first-order chi connectivity index (χ1) is 9.10. The SMILES string of the molecule is COC1(c2ccccc2)SC(C)(C)c2ccccc21. The van der Waals surface area contributed by atoms with E-state index in [1.807, 2.05) is 17.8 Å². The molecule has 0 N–H and O–H groups in total. The lowest BCUT2D eigenvalue weighted by Gasteiger charge is -2.30. The van der Waals surface area contributed by atoms with E-state index in [0.717, 1.165) is 0 Å². The highest BCUT2D eigenvalue weighted by atomic mass is 32.2. The molecule has 0 saturated heterocycles. The molecule has 0 aromatic heterocycles. The lowest BCUT2D eigenvalue weighted by Crippen LogP contribution is -2.24. The van der Waals surface area contributed by atoms with Crippen LogP contribution in [0.1, 0.15) is 30.5 Å². The van der Waals surface area contributed by atoms with Crippen molar-refractivity contribution in [1.82, 2.24) is 0 Å². The number of fused-ring (bicyclic) bond motifs is 1. The van der Waals surface area contributed by atoms with Crippen LogP contribution in [-0.2, 0) is 14.4 Å². The molecule has 2 aromatic carbocycles. The van der Waals surface area contributed by atoms with Crippen molar-refractivity contribution in [2.75, 3.05) is 7.11 Å². The summed E-state index contributed by atoms with van der Waals surface area (Å²) in [6.45, 7) is 4.53. The summed E-state index contributed by atoms with van der Waals surface area (Å²) in [5.74, 6) is 0. The summed E-state index contributed by atoms with van der Waals surface area (Å²) in [7, 11) is 1.80. The minimum Gasteiger partial charge on any atom is -0.359 e. The number of methoxy groups -OCH3 is 1. The van der Waals surface area contributed by atoms with E-state index in [-0.39, 0.29) is 9.68 Å². The molecule has 98 valence electrons. The average molecular weight is 270 g/mol. The fraction of sp³-hybridized carbons (Fsp3) is 0.294. The molecule has 0 spiro atoms. The van der Waals surface area contributed by atoms with E-state index in [1.54, 1.807) is 7.11 Å². The molecule has 1 aliphatic rings. The average Bonchev–Trinajstić information content (AvgIpc) is 2.69. The Balaban J connectivity index is 2.25. The number of ether oxygens (including phenoxy) is 1. The largest absolute Gasteiger partial charge is 0.359 e. The zero-order chi connectivity index (χ0) is 13.5. The van der Waals surface area contributed by atoms with Gasteiger partial charge >= 0.3 is 0 Å². The van der Waals surface area contributed by atoms with Crippen LogP contribution in [0.3, 0.4) is 0 Å². The highest BCUT2D eigenvalue weighted by Crippen LogP contribution is 2.60. The minimum atomic E-state index is -0.388. The predicted octanol–water partition coefficient (Wildman–Crippen LogP) is 4.52.